The highest BCUT2D eigenvalue weighted by molar-refractivity contribution is 8.01. The molecule has 0 spiro atoms. The van der Waals surface area contributed by atoms with Crippen LogP contribution in [0.2, 0.25) is 0 Å². The summed E-state index contributed by atoms with van der Waals surface area (Å²) in [6, 6.07) is 0.702. The molecule has 31 heavy (non-hydrogen) atoms. The Morgan fingerprint density at radius 3 is 2.87 bits per heavy atom. The van der Waals surface area contributed by atoms with Crippen LogP contribution in [0.4, 0.5) is 0 Å². The van der Waals surface area contributed by atoms with Crippen LogP contribution in [0.15, 0.2) is 39.7 Å². The number of tetrazole rings is 1. The first-order valence-corrected chi connectivity index (χ1v) is 10.8. The highest BCUT2D eigenvalue weighted by atomic mass is 32.2. The van der Waals surface area contributed by atoms with Gasteiger partial charge in [0.2, 0.25) is 5.91 Å². The molecule has 2 aliphatic heterocycles. The molecule has 4 heterocycles. The van der Waals surface area contributed by atoms with Crippen molar-refractivity contribution in [3.8, 4) is 0 Å². The highest BCUT2D eigenvalue weighted by Crippen LogP contribution is 2.41. The molecule has 162 valence electrons. The molecule has 0 aromatic carbocycles. The Balaban J connectivity index is 1.45. The molecule has 2 amide bonds. The number of carboxylic acids is 1. The van der Waals surface area contributed by atoms with Gasteiger partial charge in [-0.1, -0.05) is 0 Å². The zero-order valence-corrected chi connectivity index (χ0v) is 17.2. The summed E-state index contributed by atoms with van der Waals surface area (Å²) in [5, 5.41) is 22.6. The van der Waals surface area contributed by atoms with Gasteiger partial charge in [0.1, 0.15) is 35.0 Å². The van der Waals surface area contributed by atoms with E-state index < -0.39 is 34.9 Å². The van der Waals surface area contributed by atoms with Crippen molar-refractivity contribution >= 4 is 41.3 Å². The maximum Gasteiger partial charge on any atom is 0.366 e. The molecule has 0 unspecified atom stereocenters. The number of aliphatic carboxylic acids is 1. The summed E-state index contributed by atoms with van der Waals surface area (Å²) in [5.41, 5.74) is -0.225. The second-order valence-electron chi connectivity index (χ2n) is 6.46. The molecule has 0 saturated carbocycles. The monoisotopic (exact) mass is 465 g/mol. The van der Waals surface area contributed by atoms with Crippen molar-refractivity contribution in [3.63, 3.8) is 0 Å². The first-order chi connectivity index (χ1) is 14.8. The number of carboxylic acid groups (broad SMARTS) is 1. The normalized spacial score (nSPS) is 20.3. The molecule has 1 saturated heterocycles. The molecule has 14 nitrogen and oxygen atoms in total. The molecule has 4 rings (SSSR count). The first-order valence-electron chi connectivity index (χ1n) is 8.73. The van der Waals surface area contributed by atoms with E-state index in [0.717, 1.165) is 4.68 Å². The molecule has 0 aliphatic carbocycles. The van der Waals surface area contributed by atoms with Crippen LogP contribution in [0.1, 0.15) is 0 Å². The standard InChI is InChI=1S/C15H15N9O5S2/c16-23-2-1-9(19-15(23)29)30-4-7-5-31-13-10(12(26)24(13)11(7)14(27)28)18-8(25)3-22-6-17-20-21-22/h1-2,6,10,13H,3-5,16H2,(H,18,25)(H,27,28)/t10-,13+/m1/s1. The topological polar surface area (TPSA) is 191 Å². The molecule has 2 aromatic rings. The average Bonchev–Trinajstić information content (AvgIpc) is 3.24. The fourth-order valence-electron chi connectivity index (χ4n) is 3.05. The summed E-state index contributed by atoms with van der Waals surface area (Å²) in [6.45, 7) is -0.160. The molecule has 2 aliphatic rings. The smallest absolute Gasteiger partial charge is 0.366 e. The fourth-order valence-corrected chi connectivity index (χ4v) is 5.39. The molecule has 2 aromatic heterocycles. The summed E-state index contributed by atoms with van der Waals surface area (Å²) >= 11 is 2.52. The van der Waals surface area contributed by atoms with Crippen LogP contribution in [-0.4, -0.2) is 80.6 Å². The number of hydrogen-bond donors (Lipinski definition) is 3. The van der Waals surface area contributed by atoms with Gasteiger partial charge in [-0.25, -0.2) is 18.9 Å². The number of nitrogens with zero attached hydrogens (tertiary/aromatic N) is 7. The Bertz CT molecular complexity index is 1130. The summed E-state index contributed by atoms with van der Waals surface area (Å²) in [7, 11) is 0. The number of carbonyl (C=O) groups is 3. The van der Waals surface area contributed by atoms with E-state index >= 15 is 0 Å². The van der Waals surface area contributed by atoms with E-state index in [0.29, 0.717) is 16.4 Å². The summed E-state index contributed by atoms with van der Waals surface area (Å²) < 4.78 is 2.04. The number of hydrogen-bond acceptors (Lipinski definition) is 11. The SMILES string of the molecule is Nn1ccc(SCC2=C(C(=O)O)N3C(=O)[C@@H](NC(=O)Cn4cnnn4)[C@@H]3SC2)nc1=O. The van der Waals surface area contributed by atoms with Crippen molar-refractivity contribution in [2.45, 2.75) is 23.0 Å². The molecular formula is C15H15N9O5S2. The van der Waals surface area contributed by atoms with E-state index in [-0.39, 0.29) is 18.0 Å². The number of β-lactam (4-membered cyclic amide) rings is 1. The van der Waals surface area contributed by atoms with E-state index in [1.165, 1.54) is 51.7 Å². The van der Waals surface area contributed by atoms with Gasteiger partial charge in [-0.2, -0.15) is 4.98 Å². The second-order valence-corrected chi connectivity index (χ2v) is 8.56. The van der Waals surface area contributed by atoms with E-state index in [4.69, 9.17) is 5.84 Å². The van der Waals surface area contributed by atoms with Crippen LogP contribution >= 0.6 is 23.5 Å². The molecule has 0 radical (unpaired) electrons. The Morgan fingerprint density at radius 1 is 1.39 bits per heavy atom. The Hall–Kier alpha value is -3.40. The molecule has 1 fully saturated rings. The third kappa shape index (κ3) is 4.11. The predicted octanol–water partition coefficient (Wildman–Crippen LogP) is -2.53. The van der Waals surface area contributed by atoms with Crippen molar-refractivity contribution in [1.29, 1.82) is 0 Å². The minimum Gasteiger partial charge on any atom is -0.477 e. The average molecular weight is 465 g/mol. The van der Waals surface area contributed by atoms with Crippen LogP contribution in [0, 0.1) is 0 Å². The van der Waals surface area contributed by atoms with Gasteiger partial charge < -0.3 is 16.3 Å². The third-order valence-electron chi connectivity index (χ3n) is 4.46. The predicted molar refractivity (Wildman–Crippen MR) is 107 cm³/mol. The molecule has 0 bridgehead atoms. The van der Waals surface area contributed by atoms with E-state index in [1.54, 1.807) is 0 Å². The summed E-state index contributed by atoms with van der Waals surface area (Å²) in [6.07, 6.45) is 2.63. The first kappa shape index (κ1) is 20.9. The number of thioether (sulfide) groups is 2. The Labute approximate surface area is 181 Å². The van der Waals surface area contributed by atoms with Gasteiger partial charge >= 0.3 is 11.7 Å². The number of carbonyl (C=O) groups excluding carboxylic acids is 2. The maximum atomic E-state index is 12.6. The van der Waals surface area contributed by atoms with Crippen molar-refractivity contribution < 1.29 is 19.5 Å². The van der Waals surface area contributed by atoms with Gasteiger partial charge in [-0.15, -0.1) is 28.6 Å². The van der Waals surface area contributed by atoms with Gasteiger partial charge in [-0.3, -0.25) is 14.5 Å². The Morgan fingerprint density at radius 2 is 2.19 bits per heavy atom. The van der Waals surface area contributed by atoms with Crippen molar-refractivity contribution in [1.82, 2.24) is 40.1 Å². The number of nitrogens with two attached hydrogens (primary N) is 1. The highest BCUT2D eigenvalue weighted by Gasteiger charge is 2.54. The van der Waals surface area contributed by atoms with Gasteiger partial charge in [0.25, 0.3) is 5.91 Å². The zero-order valence-electron chi connectivity index (χ0n) is 15.6. The third-order valence-corrected chi connectivity index (χ3v) is 6.82. The largest absolute Gasteiger partial charge is 0.477 e. The number of fused-ring (bicyclic) bond motifs is 1. The Kier molecular flexibility index (Phi) is 5.64. The fraction of sp³-hybridized carbons (Fsp3) is 0.333. The number of amides is 2. The number of nitrogens with one attached hydrogen (secondary N) is 1. The second kappa shape index (κ2) is 8.38. The maximum absolute atomic E-state index is 12.6. The summed E-state index contributed by atoms with van der Waals surface area (Å²) in [5.74, 6) is 3.75. The van der Waals surface area contributed by atoms with E-state index in [9.17, 15) is 24.3 Å². The zero-order chi connectivity index (χ0) is 22.1. The molecular weight excluding hydrogens is 450 g/mol. The molecule has 2 atom stereocenters. The number of nitrogen functional groups attached to an aromatic ring is 1. The van der Waals surface area contributed by atoms with Crippen LogP contribution in [-0.2, 0) is 20.9 Å². The molecule has 16 heteroatoms. The number of aromatic nitrogens is 6. The van der Waals surface area contributed by atoms with Gasteiger partial charge in [0.05, 0.1) is 0 Å². The lowest BCUT2D eigenvalue weighted by Gasteiger charge is -2.49. The minimum absolute atomic E-state index is 0.112. The number of rotatable bonds is 7. The lowest BCUT2D eigenvalue weighted by molar-refractivity contribution is -0.150. The summed E-state index contributed by atoms with van der Waals surface area (Å²) in [4.78, 5) is 53.2. The van der Waals surface area contributed by atoms with Crippen LogP contribution in [0.25, 0.3) is 0 Å². The lowest BCUT2D eigenvalue weighted by atomic mass is 10.0. The van der Waals surface area contributed by atoms with Crippen molar-refractivity contribution in [2.24, 2.45) is 0 Å². The van der Waals surface area contributed by atoms with Crippen LogP contribution in [0.3, 0.4) is 0 Å². The van der Waals surface area contributed by atoms with Crippen LogP contribution < -0.4 is 16.8 Å². The van der Waals surface area contributed by atoms with Gasteiger partial charge in [-0.05, 0) is 22.1 Å². The molecule has 4 N–H and O–H groups in total. The van der Waals surface area contributed by atoms with Crippen LogP contribution in [0.5, 0.6) is 0 Å². The quantitative estimate of drug-likeness (QED) is 0.168. The van der Waals surface area contributed by atoms with Crippen molar-refractivity contribution in [3.05, 3.63) is 40.3 Å². The van der Waals surface area contributed by atoms with Gasteiger partial charge in [0.15, 0.2) is 0 Å². The lowest BCUT2D eigenvalue weighted by Crippen LogP contribution is -2.70. The van der Waals surface area contributed by atoms with Crippen molar-refractivity contribution in [2.75, 3.05) is 17.3 Å². The minimum atomic E-state index is -1.24. The van der Waals surface area contributed by atoms with Gasteiger partial charge in [0, 0.05) is 17.7 Å². The van der Waals surface area contributed by atoms with E-state index in [1.807, 2.05) is 0 Å². The van der Waals surface area contributed by atoms with E-state index in [2.05, 4.69) is 25.8 Å².